The number of carboxylic acid groups (broad SMARTS) is 1. The second-order valence-corrected chi connectivity index (χ2v) is 5.04. The molecule has 0 bridgehead atoms. The van der Waals surface area contributed by atoms with Crippen molar-refractivity contribution in [3.05, 3.63) is 29.3 Å². The van der Waals surface area contributed by atoms with Crippen molar-refractivity contribution in [1.82, 2.24) is 0 Å². The third-order valence-corrected chi connectivity index (χ3v) is 3.63. The van der Waals surface area contributed by atoms with Crippen LogP contribution in [0.3, 0.4) is 0 Å². The number of phenolic OH excluding ortho intramolecular Hbond substituents is 1. The predicted molar refractivity (Wildman–Crippen MR) is 65.0 cm³/mol. The van der Waals surface area contributed by atoms with Crippen LogP contribution >= 0.6 is 0 Å². The van der Waals surface area contributed by atoms with Gasteiger partial charge in [-0.05, 0) is 54.9 Å². The van der Waals surface area contributed by atoms with Crippen molar-refractivity contribution in [3.63, 3.8) is 0 Å². The summed E-state index contributed by atoms with van der Waals surface area (Å²) in [5.41, 5.74) is 2.47. The van der Waals surface area contributed by atoms with Crippen molar-refractivity contribution in [2.24, 2.45) is 11.8 Å². The third kappa shape index (κ3) is 2.78. The Bertz CT molecular complexity index is 425. The Morgan fingerprint density at radius 3 is 2.94 bits per heavy atom. The highest BCUT2D eigenvalue weighted by atomic mass is 16.4. The van der Waals surface area contributed by atoms with E-state index in [1.165, 1.54) is 11.1 Å². The molecule has 92 valence electrons. The van der Waals surface area contributed by atoms with Crippen LogP contribution in [-0.2, 0) is 17.6 Å². The fourth-order valence-corrected chi connectivity index (χ4v) is 2.62. The Labute approximate surface area is 101 Å². The third-order valence-electron chi connectivity index (χ3n) is 3.63. The van der Waals surface area contributed by atoms with E-state index in [4.69, 9.17) is 5.11 Å². The van der Waals surface area contributed by atoms with Crippen LogP contribution in [-0.4, -0.2) is 16.2 Å². The quantitative estimate of drug-likeness (QED) is 0.845. The zero-order valence-electron chi connectivity index (χ0n) is 10.0. The van der Waals surface area contributed by atoms with Crippen molar-refractivity contribution in [3.8, 4) is 5.75 Å². The summed E-state index contributed by atoms with van der Waals surface area (Å²) < 4.78 is 0. The number of hydrogen-bond donors (Lipinski definition) is 2. The highest BCUT2D eigenvalue weighted by Crippen LogP contribution is 2.31. The van der Waals surface area contributed by atoms with Gasteiger partial charge in [0.25, 0.3) is 0 Å². The van der Waals surface area contributed by atoms with Gasteiger partial charge in [0, 0.05) is 0 Å². The molecule has 1 aromatic carbocycles. The number of hydrogen-bond acceptors (Lipinski definition) is 2. The smallest absolute Gasteiger partial charge is 0.306 e. The van der Waals surface area contributed by atoms with Gasteiger partial charge < -0.3 is 10.2 Å². The summed E-state index contributed by atoms with van der Waals surface area (Å²) in [6.45, 7) is 1.77. The first-order chi connectivity index (χ1) is 8.06. The molecule has 0 aromatic heterocycles. The topological polar surface area (TPSA) is 57.5 Å². The van der Waals surface area contributed by atoms with Crippen LogP contribution in [0.4, 0.5) is 0 Å². The standard InChI is InChI=1S/C14H18O3/c1-9(14(16)17)6-10-2-3-12-8-13(15)5-4-11(12)7-10/h4-5,8-10,15H,2-3,6-7H2,1H3,(H,16,17). The molecule has 0 spiro atoms. The van der Waals surface area contributed by atoms with Crippen LogP contribution in [0.25, 0.3) is 0 Å². The Balaban J connectivity index is 2.04. The van der Waals surface area contributed by atoms with E-state index in [-0.39, 0.29) is 5.92 Å². The Kier molecular flexibility index (Phi) is 3.36. The second-order valence-electron chi connectivity index (χ2n) is 5.04. The average Bonchev–Trinajstić information content (AvgIpc) is 2.29. The van der Waals surface area contributed by atoms with Crippen molar-refractivity contribution >= 4 is 5.97 Å². The molecular weight excluding hydrogens is 216 g/mol. The van der Waals surface area contributed by atoms with Crippen molar-refractivity contribution in [1.29, 1.82) is 0 Å². The van der Waals surface area contributed by atoms with E-state index in [2.05, 4.69) is 0 Å². The fourth-order valence-electron chi connectivity index (χ4n) is 2.62. The van der Waals surface area contributed by atoms with E-state index in [0.29, 0.717) is 11.7 Å². The molecule has 0 radical (unpaired) electrons. The Morgan fingerprint density at radius 2 is 2.24 bits per heavy atom. The molecule has 1 aromatic rings. The summed E-state index contributed by atoms with van der Waals surface area (Å²) in [4.78, 5) is 10.8. The van der Waals surface area contributed by atoms with Crippen LogP contribution in [0.1, 0.15) is 30.9 Å². The number of rotatable bonds is 3. The van der Waals surface area contributed by atoms with Gasteiger partial charge in [0.2, 0.25) is 0 Å². The molecule has 3 nitrogen and oxygen atoms in total. The number of aliphatic carboxylic acids is 1. The molecule has 2 rings (SSSR count). The zero-order chi connectivity index (χ0) is 12.4. The molecule has 3 heteroatoms. The maximum Gasteiger partial charge on any atom is 0.306 e. The molecule has 0 saturated carbocycles. The first-order valence-electron chi connectivity index (χ1n) is 6.10. The Morgan fingerprint density at radius 1 is 1.47 bits per heavy atom. The minimum atomic E-state index is -0.707. The predicted octanol–water partition coefficient (Wildman–Crippen LogP) is 2.61. The van der Waals surface area contributed by atoms with Crippen LogP contribution in [0.15, 0.2) is 18.2 Å². The monoisotopic (exact) mass is 234 g/mol. The van der Waals surface area contributed by atoms with Crippen molar-refractivity contribution in [2.75, 3.05) is 0 Å². The molecule has 0 amide bonds. The number of phenols is 1. The van der Waals surface area contributed by atoms with E-state index < -0.39 is 5.97 Å². The molecule has 2 atom stereocenters. The minimum Gasteiger partial charge on any atom is -0.508 e. The molecule has 0 fully saturated rings. The minimum absolute atomic E-state index is 0.265. The maximum absolute atomic E-state index is 10.8. The van der Waals surface area contributed by atoms with Gasteiger partial charge in [-0.1, -0.05) is 13.0 Å². The summed E-state index contributed by atoms with van der Waals surface area (Å²) in [5.74, 6) is -0.195. The molecular formula is C14H18O3. The second kappa shape index (κ2) is 4.78. The largest absolute Gasteiger partial charge is 0.508 e. The Hall–Kier alpha value is -1.51. The zero-order valence-corrected chi connectivity index (χ0v) is 10.0. The normalized spacial score (nSPS) is 20.6. The van der Waals surface area contributed by atoms with Gasteiger partial charge in [0.05, 0.1) is 5.92 Å². The highest BCUT2D eigenvalue weighted by molar-refractivity contribution is 5.69. The van der Waals surface area contributed by atoms with E-state index in [0.717, 1.165) is 25.7 Å². The van der Waals surface area contributed by atoms with E-state index in [1.807, 2.05) is 12.1 Å². The van der Waals surface area contributed by atoms with Gasteiger partial charge in [0.1, 0.15) is 5.75 Å². The molecule has 17 heavy (non-hydrogen) atoms. The number of aromatic hydroxyl groups is 1. The molecule has 0 heterocycles. The average molecular weight is 234 g/mol. The lowest BCUT2D eigenvalue weighted by molar-refractivity contribution is -0.141. The summed E-state index contributed by atoms with van der Waals surface area (Å²) >= 11 is 0. The molecule has 2 N–H and O–H groups in total. The number of benzene rings is 1. The fraction of sp³-hybridized carbons (Fsp3) is 0.500. The first kappa shape index (κ1) is 12.0. The van der Waals surface area contributed by atoms with Crippen molar-refractivity contribution < 1.29 is 15.0 Å². The summed E-state index contributed by atoms with van der Waals surface area (Å²) in [7, 11) is 0. The number of aryl methyl sites for hydroxylation is 1. The van der Waals surface area contributed by atoms with Gasteiger partial charge in [0.15, 0.2) is 0 Å². The van der Waals surface area contributed by atoms with Gasteiger partial charge in [-0.2, -0.15) is 0 Å². The number of carboxylic acids is 1. The van der Waals surface area contributed by atoms with Crippen LogP contribution < -0.4 is 0 Å². The summed E-state index contributed by atoms with van der Waals surface area (Å²) in [5, 5.41) is 18.3. The van der Waals surface area contributed by atoms with Crippen LogP contribution in [0.2, 0.25) is 0 Å². The summed E-state index contributed by atoms with van der Waals surface area (Å²) in [6.07, 6.45) is 3.65. The molecule has 0 aliphatic heterocycles. The van der Waals surface area contributed by atoms with Gasteiger partial charge >= 0.3 is 5.97 Å². The lowest BCUT2D eigenvalue weighted by atomic mass is 9.79. The van der Waals surface area contributed by atoms with Crippen LogP contribution in [0, 0.1) is 11.8 Å². The highest BCUT2D eigenvalue weighted by Gasteiger charge is 2.23. The molecule has 2 unspecified atom stereocenters. The summed E-state index contributed by atoms with van der Waals surface area (Å²) in [6, 6.07) is 5.50. The maximum atomic E-state index is 10.8. The number of fused-ring (bicyclic) bond motifs is 1. The SMILES string of the molecule is CC(CC1CCc2cc(O)ccc2C1)C(=O)O. The van der Waals surface area contributed by atoms with E-state index >= 15 is 0 Å². The van der Waals surface area contributed by atoms with Gasteiger partial charge in [-0.25, -0.2) is 0 Å². The molecule has 0 saturated heterocycles. The van der Waals surface area contributed by atoms with E-state index in [9.17, 15) is 9.90 Å². The lowest BCUT2D eigenvalue weighted by Gasteiger charge is -2.25. The van der Waals surface area contributed by atoms with Crippen LogP contribution in [0.5, 0.6) is 5.75 Å². The van der Waals surface area contributed by atoms with Gasteiger partial charge in [-0.3, -0.25) is 4.79 Å². The molecule has 1 aliphatic rings. The first-order valence-corrected chi connectivity index (χ1v) is 6.10. The van der Waals surface area contributed by atoms with E-state index in [1.54, 1.807) is 13.0 Å². The lowest BCUT2D eigenvalue weighted by Crippen LogP contribution is -2.20. The van der Waals surface area contributed by atoms with Gasteiger partial charge in [-0.15, -0.1) is 0 Å². The molecule has 1 aliphatic carbocycles. The number of carbonyl (C=O) groups is 1. The van der Waals surface area contributed by atoms with Crippen molar-refractivity contribution in [2.45, 2.75) is 32.6 Å².